The van der Waals surface area contributed by atoms with Gasteiger partial charge in [-0.3, -0.25) is 4.79 Å². The molecule has 1 aromatic carbocycles. The lowest BCUT2D eigenvalue weighted by Crippen LogP contribution is -2.41. The van der Waals surface area contributed by atoms with Gasteiger partial charge in [0, 0.05) is 19.0 Å². The number of benzene rings is 1. The Kier molecular flexibility index (Phi) is 6.12. The van der Waals surface area contributed by atoms with Crippen LogP contribution in [0.2, 0.25) is 0 Å². The second-order valence-corrected chi connectivity index (χ2v) is 8.40. The molecule has 0 radical (unpaired) electrons. The van der Waals surface area contributed by atoms with Crippen molar-refractivity contribution in [2.45, 2.75) is 32.2 Å². The summed E-state index contributed by atoms with van der Waals surface area (Å²) in [4.78, 5) is 19.3. The first kappa shape index (κ1) is 21.9. The zero-order chi connectivity index (χ0) is 23.5. The SMILES string of the molecule is CCC(NC(=O)C1CCN(c2oc(-c3ccco3)nc2C#N)CC1)c1ccc2c(c1)OCCO2. The molecule has 1 N–H and O–H groups in total. The standard InChI is InChI=1S/C25H26N4O5/c1-2-18(17-5-6-20-22(14-17)33-13-12-32-20)27-23(30)16-7-9-29(10-8-16)25-19(15-26)28-24(34-25)21-4-3-11-31-21/h3-6,11,14,16,18H,2,7-10,12-13H2,1H3,(H,27,30). The third kappa shape index (κ3) is 4.31. The van der Waals surface area contributed by atoms with Gasteiger partial charge in [-0.15, -0.1) is 0 Å². The summed E-state index contributed by atoms with van der Waals surface area (Å²) in [5.41, 5.74) is 1.22. The Bertz CT molecular complexity index is 1190. The van der Waals surface area contributed by atoms with Crippen molar-refractivity contribution in [3.63, 3.8) is 0 Å². The minimum absolute atomic E-state index is 0.0377. The Morgan fingerprint density at radius 2 is 2.03 bits per heavy atom. The van der Waals surface area contributed by atoms with Crippen LogP contribution in [-0.4, -0.2) is 37.2 Å². The largest absolute Gasteiger partial charge is 0.486 e. The molecule has 1 saturated heterocycles. The van der Waals surface area contributed by atoms with Gasteiger partial charge >= 0.3 is 0 Å². The number of carbonyl (C=O) groups excluding carboxylic acids is 1. The molecule has 34 heavy (non-hydrogen) atoms. The number of fused-ring (bicyclic) bond motifs is 1. The summed E-state index contributed by atoms with van der Waals surface area (Å²) in [5, 5.41) is 12.7. The predicted molar refractivity (Wildman–Crippen MR) is 122 cm³/mol. The molecule has 0 spiro atoms. The minimum atomic E-state index is -0.111. The molecule has 5 rings (SSSR count). The van der Waals surface area contributed by atoms with Gasteiger partial charge in [-0.05, 0) is 49.1 Å². The highest BCUT2D eigenvalue weighted by Crippen LogP contribution is 2.34. The fraction of sp³-hybridized carbons (Fsp3) is 0.400. The van der Waals surface area contributed by atoms with Gasteiger partial charge in [0.2, 0.25) is 17.5 Å². The topological polar surface area (TPSA) is 114 Å². The molecule has 9 heteroatoms. The Balaban J connectivity index is 1.22. The van der Waals surface area contributed by atoms with Crippen LogP contribution in [0.1, 0.15) is 43.5 Å². The maximum absolute atomic E-state index is 13.1. The van der Waals surface area contributed by atoms with E-state index < -0.39 is 0 Å². The Morgan fingerprint density at radius 3 is 2.74 bits per heavy atom. The maximum Gasteiger partial charge on any atom is 0.266 e. The summed E-state index contributed by atoms with van der Waals surface area (Å²) in [5.74, 6) is 2.57. The Labute approximate surface area is 197 Å². The van der Waals surface area contributed by atoms with Crippen molar-refractivity contribution in [3.8, 4) is 29.2 Å². The first-order valence-electron chi connectivity index (χ1n) is 11.6. The number of hydrogen-bond donors (Lipinski definition) is 1. The van der Waals surface area contributed by atoms with Crippen LogP contribution in [0.25, 0.3) is 11.7 Å². The molecular weight excluding hydrogens is 436 g/mol. The van der Waals surface area contributed by atoms with E-state index in [0.717, 1.165) is 23.5 Å². The normalized spacial score (nSPS) is 16.6. The molecule has 9 nitrogen and oxygen atoms in total. The van der Waals surface area contributed by atoms with Crippen molar-refractivity contribution in [1.29, 1.82) is 5.26 Å². The highest BCUT2D eigenvalue weighted by atomic mass is 16.6. The number of hydrogen-bond acceptors (Lipinski definition) is 8. The zero-order valence-corrected chi connectivity index (χ0v) is 19.0. The molecule has 0 saturated carbocycles. The molecule has 0 aliphatic carbocycles. The van der Waals surface area contributed by atoms with E-state index in [9.17, 15) is 10.1 Å². The van der Waals surface area contributed by atoms with Gasteiger partial charge in [0.25, 0.3) is 5.89 Å². The monoisotopic (exact) mass is 462 g/mol. The molecule has 3 aromatic rings. The van der Waals surface area contributed by atoms with E-state index in [4.69, 9.17) is 18.3 Å². The van der Waals surface area contributed by atoms with Crippen molar-refractivity contribution in [1.82, 2.24) is 10.3 Å². The fourth-order valence-electron chi connectivity index (χ4n) is 4.44. The van der Waals surface area contributed by atoms with Crippen molar-refractivity contribution in [3.05, 3.63) is 47.9 Å². The highest BCUT2D eigenvalue weighted by molar-refractivity contribution is 5.79. The number of nitrogens with one attached hydrogen (secondary N) is 1. The van der Waals surface area contributed by atoms with Gasteiger partial charge in [-0.1, -0.05) is 13.0 Å². The molecule has 0 bridgehead atoms. The molecule has 1 unspecified atom stereocenters. The summed E-state index contributed by atoms with van der Waals surface area (Å²) in [7, 11) is 0. The number of oxazole rings is 1. The van der Waals surface area contributed by atoms with Crippen molar-refractivity contribution in [2.24, 2.45) is 5.92 Å². The number of ether oxygens (including phenoxy) is 2. The molecule has 1 amide bonds. The first-order chi connectivity index (χ1) is 16.7. The molecule has 1 atom stereocenters. The van der Waals surface area contributed by atoms with E-state index in [1.165, 1.54) is 6.26 Å². The Hall–Kier alpha value is -3.93. The number of amides is 1. The van der Waals surface area contributed by atoms with Crippen molar-refractivity contribution >= 4 is 11.8 Å². The minimum Gasteiger partial charge on any atom is -0.486 e. The van der Waals surface area contributed by atoms with E-state index in [1.54, 1.807) is 12.1 Å². The van der Waals surface area contributed by atoms with Gasteiger partial charge in [0.1, 0.15) is 19.3 Å². The lowest BCUT2D eigenvalue weighted by atomic mass is 9.94. The summed E-state index contributed by atoms with van der Waals surface area (Å²) in [6, 6.07) is 11.3. The number of anilines is 1. The summed E-state index contributed by atoms with van der Waals surface area (Å²) in [6.07, 6.45) is 3.61. The Morgan fingerprint density at radius 1 is 1.24 bits per heavy atom. The van der Waals surface area contributed by atoms with Gasteiger partial charge in [0.05, 0.1) is 12.3 Å². The second kappa shape index (κ2) is 9.51. The van der Waals surface area contributed by atoms with Crippen LogP contribution >= 0.6 is 0 Å². The summed E-state index contributed by atoms with van der Waals surface area (Å²) in [6.45, 7) is 4.32. The van der Waals surface area contributed by atoms with Crippen molar-refractivity contribution in [2.75, 3.05) is 31.2 Å². The van der Waals surface area contributed by atoms with Crippen LogP contribution in [-0.2, 0) is 4.79 Å². The van der Waals surface area contributed by atoms with Crippen LogP contribution in [0.4, 0.5) is 5.88 Å². The number of piperidine rings is 1. The smallest absolute Gasteiger partial charge is 0.266 e. The lowest BCUT2D eigenvalue weighted by molar-refractivity contribution is -0.126. The summed E-state index contributed by atoms with van der Waals surface area (Å²) >= 11 is 0. The number of aromatic nitrogens is 1. The molecule has 2 aromatic heterocycles. The molecular formula is C25H26N4O5. The van der Waals surface area contributed by atoms with E-state index in [-0.39, 0.29) is 29.5 Å². The quantitative estimate of drug-likeness (QED) is 0.583. The number of nitrogens with zero attached hydrogens (tertiary/aromatic N) is 3. The van der Waals surface area contributed by atoms with Crippen LogP contribution in [0.15, 0.2) is 45.4 Å². The third-order valence-corrected chi connectivity index (χ3v) is 6.29. The van der Waals surface area contributed by atoms with Gasteiger partial charge < -0.3 is 28.5 Å². The summed E-state index contributed by atoms with van der Waals surface area (Å²) < 4.78 is 22.5. The van der Waals surface area contributed by atoms with Crippen LogP contribution in [0.3, 0.4) is 0 Å². The molecule has 1 fully saturated rings. The molecule has 2 aliphatic rings. The maximum atomic E-state index is 13.1. The van der Waals surface area contributed by atoms with Crippen LogP contribution in [0, 0.1) is 17.2 Å². The number of rotatable bonds is 6. The van der Waals surface area contributed by atoms with Crippen LogP contribution in [0.5, 0.6) is 11.5 Å². The number of furan rings is 1. The van der Waals surface area contributed by atoms with Crippen molar-refractivity contribution < 1.29 is 23.1 Å². The fourth-order valence-corrected chi connectivity index (χ4v) is 4.44. The highest BCUT2D eigenvalue weighted by Gasteiger charge is 2.30. The van der Waals surface area contributed by atoms with E-state index in [0.29, 0.717) is 50.8 Å². The third-order valence-electron chi connectivity index (χ3n) is 6.29. The number of carbonyl (C=O) groups is 1. The van der Waals surface area contributed by atoms with E-state index >= 15 is 0 Å². The number of nitriles is 1. The average Bonchev–Trinajstić information content (AvgIpc) is 3.57. The van der Waals surface area contributed by atoms with Gasteiger partial charge in [-0.25, -0.2) is 0 Å². The lowest BCUT2D eigenvalue weighted by Gasteiger charge is -2.32. The predicted octanol–water partition coefficient (Wildman–Crippen LogP) is 4.06. The second-order valence-electron chi connectivity index (χ2n) is 8.40. The van der Waals surface area contributed by atoms with Crippen LogP contribution < -0.4 is 19.7 Å². The van der Waals surface area contributed by atoms with Gasteiger partial charge in [0.15, 0.2) is 17.3 Å². The molecule has 2 aliphatic heterocycles. The zero-order valence-electron chi connectivity index (χ0n) is 19.0. The van der Waals surface area contributed by atoms with Gasteiger partial charge in [-0.2, -0.15) is 10.2 Å². The van der Waals surface area contributed by atoms with E-state index in [2.05, 4.69) is 16.4 Å². The first-order valence-corrected chi connectivity index (χ1v) is 11.6. The van der Waals surface area contributed by atoms with E-state index in [1.807, 2.05) is 30.0 Å². The average molecular weight is 463 g/mol. The molecule has 176 valence electrons. The molecule has 4 heterocycles.